The lowest BCUT2D eigenvalue weighted by atomic mass is 10.2. The van der Waals surface area contributed by atoms with Gasteiger partial charge in [-0.1, -0.05) is 12.1 Å². The third kappa shape index (κ3) is 4.25. The van der Waals surface area contributed by atoms with Crippen molar-refractivity contribution < 1.29 is 0 Å². The quantitative estimate of drug-likeness (QED) is 0.615. The number of rotatable bonds is 3. The summed E-state index contributed by atoms with van der Waals surface area (Å²) in [6, 6.07) is 7.90. The van der Waals surface area contributed by atoms with Gasteiger partial charge in [-0.3, -0.25) is 0 Å². The van der Waals surface area contributed by atoms with E-state index < -0.39 is 0 Å². The molecule has 0 spiro atoms. The second-order valence-corrected chi connectivity index (χ2v) is 3.08. The molecule has 0 aliphatic carbocycles. The van der Waals surface area contributed by atoms with E-state index in [1.807, 2.05) is 43.3 Å². The summed E-state index contributed by atoms with van der Waals surface area (Å²) in [7, 11) is 3.88. The largest absolute Gasteiger partial charge is 0.369 e. The fraction of sp³-hybridized carbons (Fsp3) is 0.300. The number of aliphatic imine (C=N–C) groups is 1. The maximum absolute atomic E-state index is 5.51. The highest BCUT2D eigenvalue weighted by atomic mass is 35.5. The van der Waals surface area contributed by atoms with Crippen LogP contribution in [0.4, 0.5) is 5.69 Å². The van der Waals surface area contributed by atoms with Crippen molar-refractivity contribution in [3.8, 4) is 0 Å². The van der Waals surface area contributed by atoms with Crippen LogP contribution in [0.15, 0.2) is 29.3 Å². The molecule has 4 heteroatoms. The molecular formula is C10H16ClN3. The summed E-state index contributed by atoms with van der Waals surface area (Å²) >= 11 is 0. The Labute approximate surface area is 91.0 Å². The zero-order valence-corrected chi connectivity index (χ0v) is 9.29. The van der Waals surface area contributed by atoms with Gasteiger partial charge in [0.25, 0.3) is 0 Å². The van der Waals surface area contributed by atoms with Crippen molar-refractivity contribution >= 4 is 24.4 Å². The lowest BCUT2D eigenvalue weighted by molar-refractivity contribution is 0.643. The third-order valence-corrected chi connectivity index (χ3v) is 1.58. The van der Waals surface area contributed by atoms with Gasteiger partial charge in [0.15, 0.2) is 0 Å². The molecule has 0 saturated carbocycles. The van der Waals surface area contributed by atoms with Crippen LogP contribution in [-0.2, 0) is 6.54 Å². The summed E-state index contributed by atoms with van der Waals surface area (Å²) in [5, 5.41) is 0. The summed E-state index contributed by atoms with van der Waals surface area (Å²) < 4.78 is 0. The molecule has 1 aromatic carbocycles. The topological polar surface area (TPSA) is 41.6 Å². The Hall–Kier alpha value is -1.06. The Morgan fingerprint density at radius 3 is 2.71 bits per heavy atom. The molecule has 0 heterocycles. The van der Waals surface area contributed by atoms with Gasteiger partial charge in [0.2, 0.25) is 0 Å². The summed E-state index contributed by atoms with van der Waals surface area (Å²) in [4.78, 5) is 6.16. The molecule has 78 valence electrons. The number of nitrogens with two attached hydrogens (primary N) is 1. The van der Waals surface area contributed by atoms with Gasteiger partial charge < -0.3 is 10.6 Å². The van der Waals surface area contributed by atoms with Gasteiger partial charge >= 0.3 is 0 Å². The van der Waals surface area contributed by atoms with Crippen molar-refractivity contribution in [3.63, 3.8) is 0 Å². The number of benzene rings is 1. The van der Waals surface area contributed by atoms with Gasteiger partial charge in [-0.25, -0.2) is 4.99 Å². The Bertz CT molecular complexity index is 297. The van der Waals surface area contributed by atoms with Crippen LogP contribution < -0.4 is 5.73 Å². The van der Waals surface area contributed by atoms with Crippen molar-refractivity contribution in [1.82, 2.24) is 4.90 Å². The molecule has 0 amide bonds. The van der Waals surface area contributed by atoms with E-state index in [1.54, 1.807) is 6.34 Å². The van der Waals surface area contributed by atoms with E-state index in [0.717, 1.165) is 11.3 Å². The van der Waals surface area contributed by atoms with Gasteiger partial charge in [-0.15, -0.1) is 12.4 Å². The smallest absolute Gasteiger partial charge is 0.0907 e. The van der Waals surface area contributed by atoms with Gasteiger partial charge in [0, 0.05) is 20.6 Å². The van der Waals surface area contributed by atoms with Crippen LogP contribution in [0.25, 0.3) is 0 Å². The highest BCUT2D eigenvalue weighted by Gasteiger charge is 1.90. The minimum Gasteiger partial charge on any atom is -0.369 e. The Morgan fingerprint density at radius 1 is 1.43 bits per heavy atom. The first-order valence-electron chi connectivity index (χ1n) is 4.22. The first-order valence-corrected chi connectivity index (χ1v) is 4.22. The van der Waals surface area contributed by atoms with Gasteiger partial charge in [-0.2, -0.15) is 0 Å². The minimum absolute atomic E-state index is 0. The lowest BCUT2D eigenvalue weighted by Gasteiger charge is -2.02. The number of nitrogens with zero attached hydrogens (tertiary/aromatic N) is 2. The number of halogens is 1. The normalized spacial score (nSPS) is 9.93. The van der Waals surface area contributed by atoms with Gasteiger partial charge in [0.05, 0.1) is 12.0 Å². The SMILES string of the molecule is CN(C)C=Nc1cccc(CN)c1.Cl. The van der Waals surface area contributed by atoms with Gasteiger partial charge in [0.1, 0.15) is 0 Å². The minimum atomic E-state index is 0. The molecule has 0 aromatic heterocycles. The van der Waals surface area contributed by atoms with Crippen LogP contribution in [0.5, 0.6) is 0 Å². The van der Waals surface area contributed by atoms with E-state index in [4.69, 9.17) is 5.73 Å². The molecule has 14 heavy (non-hydrogen) atoms. The molecule has 3 nitrogen and oxygen atoms in total. The predicted octanol–water partition coefficient (Wildman–Crippen LogP) is 1.79. The maximum atomic E-state index is 5.51. The van der Waals surface area contributed by atoms with Crippen molar-refractivity contribution in [2.24, 2.45) is 10.7 Å². The Morgan fingerprint density at radius 2 is 2.14 bits per heavy atom. The molecule has 0 unspecified atom stereocenters. The first-order chi connectivity index (χ1) is 6.22. The van der Waals surface area contributed by atoms with E-state index in [1.165, 1.54) is 0 Å². The maximum Gasteiger partial charge on any atom is 0.0907 e. The third-order valence-electron chi connectivity index (χ3n) is 1.58. The molecule has 1 aromatic rings. The molecule has 0 aliphatic heterocycles. The Kier molecular flexibility index (Phi) is 5.92. The highest BCUT2D eigenvalue weighted by molar-refractivity contribution is 5.85. The number of hydrogen-bond donors (Lipinski definition) is 1. The highest BCUT2D eigenvalue weighted by Crippen LogP contribution is 2.12. The van der Waals surface area contributed by atoms with Crippen LogP contribution in [0.3, 0.4) is 0 Å². The van der Waals surface area contributed by atoms with Crippen molar-refractivity contribution in [2.45, 2.75) is 6.54 Å². The summed E-state index contributed by atoms with van der Waals surface area (Å²) in [5.74, 6) is 0. The zero-order valence-electron chi connectivity index (χ0n) is 8.47. The summed E-state index contributed by atoms with van der Waals surface area (Å²) in [6.07, 6.45) is 1.77. The Balaban J connectivity index is 0.00000169. The molecule has 0 bridgehead atoms. The van der Waals surface area contributed by atoms with E-state index in [0.29, 0.717) is 6.54 Å². The molecule has 0 aliphatic rings. The van der Waals surface area contributed by atoms with Crippen LogP contribution in [0.1, 0.15) is 5.56 Å². The monoisotopic (exact) mass is 213 g/mol. The zero-order chi connectivity index (χ0) is 9.68. The molecule has 0 fully saturated rings. The van der Waals surface area contributed by atoms with E-state index in [2.05, 4.69) is 4.99 Å². The predicted molar refractivity (Wildman–Crippen MR) is 63.4 cm³/mol. The second kappa shape index (κ2) is 6.40. The average molecular weight is 214 g/mol. The molecular weight excluding hydrogens is 198 g/mol. The fourth-order valence-corrected chi connectivity index (χ4v) is 0.946. The van der Waals surface area contributed by atoms with Crippen LogP contribution in [0, 0.1) is 0 Å². The van der Waals surface area contributed by atoms with E-state index in [-0.39, 0.29) is 12.4 Å². The molecule has 0 saturated heterocycles. The van der Waals surface area contributed by atoms with E-state index >= 15 is 0 Å². The van der Waals surface area contributed by atoms with Crippen molar-refractivity contribution in [3.05, 3.63) is 29.8 Å². The average Bonchev–Trinajstić information content (AvgIpc) is 2.15. The second-order valence-electron chi connectivity index (χ2n) is 3.08. The van der Waals surface area contributed by atoms with Crippen molar-refractivity contribution in [1.29, 1.82) is 0 Å². The molecule has 2 N–H and O–H groups in total. The van der Waals surface area contributed by atoms with Crippen molar-refractivity contribution in [2.75, 3.05) is 14.1 Å². The standard InChI is InChI=1S/C10H15N3.ClH/c1-13(2)8-12-10-5-3-4-9(6-10)7-11;/h3-6,8H,7,11H2,1-2H3;1H. The summed E-state index contributed by atoms with van der Waals surface area (Å²) in [6.45, 7) is 0.561. The fourth-order valence-electron chi connectivity index (χ4n) is 0.946. The molecule has 0 radical (unpaired) electrons. The summed E-state index contributed by atoms with van der Waals surface area (Å²) in [5.41, 5.74) is 7.56. The van der Waals surface area contributed by atoms with Crippen LogP contribution in [-0.4, -0.2) is 25.3 Å². The number of hydrogen-bond acceptors (Lipinski definition) is 2. The molecule has 0 atom stereocenters. The molecule has 1 rings (SSSR count). The van der Waals surface area contributed by atoms with Crippen LogP contribution in [0.2, 0.25) is 0 Å². The van der Waals surface area contributed by atoms with Crippen LogP contribution >= 0.6 is 12.4 Å². The van der Waals surface area contributed by atoms with E-state index in [9.17, 15) is 0 Å². The van der Waals surface area contributed by atoms with Gasteiger partial charge in [-0.05, 0) is 17.7 Å². The lowest BCUT2D eigenvalue weighted by Crippen LogP contribution is -2.07. The first kappa shape index (κ1) is 12.9.